The molecule has 1 heterocycles. The number of carbonyl (C=O) groups is 1. The van der Waals surface area contributed by atoms with Crippen molar-refractivity contribution in [3.8, 4) is 5.75 Å². The summed E-state index contributed by atoms with van der Waals surface area (Å²) in [5.74, 6) is 0.443. The highest BCUT2D eigenvalue weighted by molar-refractivity contribution is 9.10. The van der Waals surface area contributed by atoms with Crippen molar-refractivity contribution in [3.05, 3.63) is 75.4 Å². The number of esters is 1. The normalized spacial score (nSPS) is 15.6. The second-order valence-corrected chi connectivity index (χ2v) is 6.42. The first-order chi connectivity index (χ1) is 12.0. The van der Waals surface area contributed by atoms with Crippen molar-refractivity contribution < 1.29 is 14.3 Å². The number of rotatable bonds is 4. The molecule has 0 spiro atoms. The zero-order valence-corrected chi connectivity index (χ0v) is 15.4. The van der Waals surface area contributed by atoms with Crippen LogP contribution in [-0.2, 0) is 9.53 Å². The first-order valence-electron chi connectivity index (χ1n) is 7.66. The number of methoxy groups -OCH3 is 1. The van der Waals surface area contributed by atoms with E-state index in [0.29, 0.717) is 5.75 Å². The van der Waals surface area contributed by atoms with Gasteiger partial charge >= 0.3 is 5.97 Å². The number of hydrogen-bond acceptors (Lipinski definition) is 4. The third-order valence-electron chi connectivity index (χ3n) is 3.62. The molecule has 0 aromatic heterocycles. The maximum atomic E-state index is 12.0. The molecule has 0 saturated carbocycles. The zero-order valence-electron chi connectivity index (χ0n) is 13.8. The van der Waals surface area contributed by atoms with E-state index in [2.05, 4.69) is 20.9 Å². The Labute approximate surface area is 154 Å². The second-order valence-electron chi connectivity index (χ2n) is 5.50. The lowest BCUT2D eigenvalue weighted by atomic mass is 10.1. The Bertz CT molecular complexity index is 896. The number of aliphatic imine (C=N–C) groups is 1. The van der Waals surface area contributed by atoms with E-state index in [1.54, 1.807) is 19.3 Å². The highest BCUT2D eigenvalue weighted by Gasteiger charge is 2.21. The molecular weight excluding hydrogens is 382 g/mol. The van der Waals surface area contributed by atoms with Crippen LogP contribution in [0.15, 0.2) is 63.7 Å². The molecule has 0 amide bonds. The SMILES string of the molecule is COc1ccc(Br)cc1/C=C1N=C(/C=C/c2ccc(C)cc2)OC\1=O. The van der Waals surface area contributed by atoms with Gasteiger partial charge in [-0.3, -0.25) is 0 Å². The Balaban J connectivity index is 1.85. The molecule has 1 aliphatic rings. The van der Waals surface area contributed by atoms with E-state index in [1.807, 2.05) is 55.5 Å². The van der Waals surface area contributed by atoms with Gasteiger partial charge in [-0.15, -0.1) is 0 Å². The molecule has 0 atom stereocenters. The fourth-order valence-electron chi connectivity index (χ4n) is 2.31. The monoisotopic (exact) mass is 397 g/mol. The second kappa shape index (κ2) is 7.49. The smallest absolute Gasteiger partial charge is 0.363 e. The van der Waals surface area contributed by atoms with Gasteiger partial charge in [0.15, 0.2) is 5.70 Å². The minimum Gasteiger partial charge on any atom is -0.496 e. The number of hydrogen-bond donors (Lipinski definition) is 0. The van der Waals surface area contributed by atoms with Gasteiger partial charge in [-0.2, -0.15) is 0 Å². The highest BCUT2D eigenvalue weighted by Crippen LogP contribution is 2.27. The summed E-state index contributed by atoms with van der Waals surface area (Å²) in [6, 6.07) is 13.6. The van der Waals surface area contributed by atoms with Gasteiger partial charge in [-0.25, -0.2) is 9.79 Å². The average molecular weight is 398 g/mol. The van der Waals surface area contributed by atoms with Gasteiger partial charge in [0.2, 0.25) is 5.90 Å². The van der Waals surface area contributed by atoms with E-state index in [0.717, 1.165) is 15.6 Å². The van der Waals surface area contributed by atoms with Crippen molar-refractivity contribution in [1.29, 1.82) is 0 Å². The molecule has 3 rings (SSSR count). The van der Waals surface area contributed by atoms with Gasteiger partial charge in [0.25, 0.3) is 0 Å². The molecule has 25 heavy (non-hydrogen) atoms. The van der Waals surface area contributed by atoms with Crippen LogP contribution in [0, 0.1) is 6.92 Å². The molecule has 5 heteroatoms. The molecule has 0 saturated heterocycles. The Morgan fingerprint density at radius 3 is 2.60 bits per heavy atom. The quantitative estimate of drug-likeness (QED) is 0.550. The van der Waals surface area contributed by atoms with Crippen LogP contribution >= 0.6 is 15.9 Å². The fraction of sp³-hybridized carbons (Fsp3) is 0.100. The van der Waals surface area contributed by atoms with Crippen molar-refractivity contribution in [3.63, 3.8) is 0 Å². The molecule has 0 radical (unpaired) electrons. The van der Waals surface area contributed by atoms with Crippen LogP contribution in [0.3, 0.4) is 0 Å². The summed E-state index contributed by atoms with van der Waals surface area (Å²) in [6.45, 7) is 2.03. The molecule has 0 N–H and O–H groups in total. The predicted octanol–water partition coefficient (Wildman–Crippen LogP) is 4.78. The molecule has 2 aromatic carbocycles. The minimum atomic E-state index is -0.481. The number of benzene rings is 2. The molecule has 126 valence electrons. The Hall–Kier alpha value is -2.66. The van der Waals surface area contributed by atoms with Crippen LogP contribution in [-0.4, -0.2) is 19.0 Å². The summed E-state index contributed by atoms with van der Waals surface area (Å²) >= 11 is 3.41. The van der Waals surface area contributed by atoms with Crippen LogP contribution in [0.1, 0.15) is 16.7 Å². The number of cyclic esters (lactones) is 1. The van der Waals surface area contributed by atoms with E-state index in [-0.39, 0.29) is 11.6 Å². The van der Waals surface area contributed by atoms with Gasteiger partial charge in [-0.1, -0.05) is 45.8 Å². The number of aryl methyl sites for hydroxylation is 1. The van der Waals surface area contributed by atoms with Crippen LogP contribution in [0.5, 0.6) is 5.75 Å². The lowest BCUT2D eigenvalue weighted by molar-refractivity contribution is -0.129. The number of nitrogens with zero attached hydrogens (tertiary/aromatic N) is 1. The molecular formula is C20H16BrNO3. The average Bonchev–Trinajstić information content (AvgIpc) is 2.94. The molecule has 0 bridgehead atoms. The Kier molecular flexibility index (Phi) is 5.14. The first kappa shape index (κ1) is 17.2. The van der Waals surface area contributed by atoms with E-state index in [4.69, 9.17) is 9.47 Å². The van der Waals surface area contributed by atoms with E-state index in [1.165, 1.54) is 5.56 Å². The number of halogens is 1. The van der Waals surface area contributed by atoms with E-state index in [9.17, 15) is 4.79 Å². The van der Waals surface area contributed by atoms with Gasteiger partial charge < -0.3 is 9.47 Å². The predicted molar refractivity (Wildman–Crippen MR) is 102 cm³/mol. The van der Waals surface area contributed by atoms with Gasteiger partial charge in [0, 0.05) is 16.1 Å². The van der Waals surface area contributed by atoms with Crippen molar-refractivity contribution >= 4 is 39.9 Å². The van der Waals surface area contributed by atoms with Crippen LogP contribution in [0.4, 0.5) is 0 Å². The highest BCUT2D eigenvalue weighted by atomic mass is 79.9. The number of carbonyl (C=O) groups excluding carboxylic acids is 1. The van der Waals surface area contributed by atoms with Crippen molar-refractivity contribution in [2.24, 2.45) is 4.99 Å². The van der Waals surface area contributed by atoms with Crippen molar-refractivity contribution in [1.82, 2.24) is 0 Å². The van der Waals surface area contributed by atoms with Crippen LogP contribution in [0.2, 0.25) is 0 Å². The van der Waals surface area contributed by atoms with Crippen molar-refractivity contribution in [2.45, 2.75) is 6.92 Å². The van der Waals surface area contributed by atoms with Crippen LogP contribution in [0.25, 0.3) is 12.2 Å². The maximum absolute atomic E-state index is 12.0. The molecule has 0 unspecified atom stereocenters. The first-order valence-corrected chi connectivity index (χ1v) is 8.45. The summed E-state index contributed by atoms with van der Waals surface area (Å²) in [4.78, 5) is 16.3. The summed E-state index contributed by atoms with van der Waals surface area (Å²) in [6.07, 6.45) is 5.19. The maximum Gasteiger partial charge on any atom is 0.363 e. The summed E-state index contributed by atoms with van der Waals surface area (Å²) in [5.41, 5.74) is 3.18. The molecule has 2 aromatic rings. The molecule has 0 fully saturated rings. The summed E-state index contributed by atoms with van der Waals surface area (Å²) < 4.78 is 11.4. The van der Waals surface area contributed by atoms with Gasteiger partial charge in [0.1, 0.15) is 5.75 Å². The lowest BCUT2D eigenvalue weighted by Crippen LogP contribution is -2.01. The summed E-state index contributed by atoms with van der Waals surface area (Å²) in [7, 11) is 1.58. The largest absolute Gasteiger partial charge is 0.496 e. The Morgan fingerprint density at radius 1 is 1.12 bits per heavy atom. The zero-order chi connectivity index (χ0) is 17.8. The fourth-order valence-corrected chi connectivity index (χ4v) is 2.69. The molecule has 0 aliphatic carbocycles. The Morgan fingerprint density at radius 2 is 1.88 bits per heavy atom. The minimum absolute atomic E-state index is 0.236. The third-order valence-corrected chi connectivity index (χ3v) is 4.11. The van der Waals surface area contributed by atoms with Gasteiger partial charge in [-0.05, 0) is 42.8 Å². The molecule has 1 aliphatic heterocycles. The topological polar surface area (TPSA) is 47.9 Å². The van der Waals surface area contributed by atoms with Gasteiger partial charge in [0.05, 0.1) is 7.11 Å². The standard InChI is InChI=1S/C20H16BrNO3/c1-13-3-5-14(6-4-13)7-10-19-22-17(20(23)25-19)12-15-11-16(21)8-9-18(15)24-2/h3-12H,1-2H3/b10-7+,17-12-. The van der Waals surface area contributed by atoms with E-state index >= 15 is 0 Å². The van der Waals surface area contributed by atoms with Crippen LogP contribution < -0.4 is 4.74 Å². The van der Waals surface area contributed by atoms with Crippen molar-refractivity contribution in [2.75, 3.05) is 7.11 Å². The number of ether oxygens (including phenoxy) is 2. The summed E-state index contributed by atoms with van der Waals surface area (Å²) in [5, 5.41) is 0. The third kappa shape index (κ3) is 4.25. The molecule has 4 nitrogen and oxygen atoms in total. The van der Waals surface area contributed by atoms with E-state index < -0.39 is 5.97 Å². The lowest BCUT2D eigenvalue weighted by Gasteiger charge is -2.04.